The molecular weight excluding hydrogens is 248 g/mol. The molecule has 2 saturated carbocycles. The van der Waals surface area contributed by atoms with Crippen LogP contribution in [0.25, 0.3) is 0 Å². The van der Waals surface area contributed by atoms with Gasteiger partial charge in [-0.25, -0.2) is 0 Å². The van der Waals surface area contributed by atoms with Gasteiger partial charge in [-0.1, -0.05) is 27.7 Å². The summed E-state index contributed by atoms with van der Waals surface area (Å²) in [5.74, 6) is 1.33. The van der Waals surface area contributed by atoms with Crippen molar-refractivity contribution in [2.75, 3.05) is 19.7 Å². The van der Waals surface area contributed by atoms with Crippen LogP contribution < -0.4 is 11.1 Å². The SMILES string of the molecule is CC(C)C1(CNCC2(N)C3CCCOC3C2(C)C)CC1. The van der Waals surface area contributed by atoms with E-state index in [1.807, 2.05) is 0 Å². The molecule has 0 aromatic rings. The van der Waals surface area contributed by atoms with Crippen molar-refractivity contribution in [2.45, 2.75) is 65.0 Å². The minimum atomic E-state index is -0.0921. The van der Waals surface area contributed by atoms with E-state index in [0.29, 0.717) is 17.4 Å². The van der Waals surface area contributed by atoms with Gasteiger partial charge in [-0.3, -0.25) is 0 Å². The maximum atomic E-state index is 6.82. The quantitative estimate of drug-likeness (QED) is 0.813. The van der Waals surface area contributed by atoms with Crippen LogP contribution in [-0.2, 0) is 4.74 Å². The number of nitrogens with one attached hydrogen (secondary N) is 1. The van der Waals surface area contributed by atoms with Crippen molar-refractivity contribution in [1.29, 1.82) is 0 Å². The molecule has 3 unspecified atom stereocenters. The van der Waals surface area contributed by atoms with Gasteiger partial charge in [0.2, 0.25) is 0 Å². The van der Waals surface area contributed by atoms with Crippen molar-refractivity contribution in [3.8, 4) is 0 Å². The van der Waals surface area contributed by atoms with E-state index >= 15 is 0 Å². The van der Waals surface area contributed by atoms with Crippen LogP contribution in [0.4, 0.5) is 0 Å². The number of rotatable bonds is 5. The van der Waals surface area contributed by atoms with E-state index in [2.05, 4.69) is 33.0 Å². The Kier molecular flexibility index (Phi) is 3.47. The molecule has 0 radical (unpaired) electrons. The molecule has 2 aliphatic carbocycles. The van der Waals surface area contributed by atoms with Crippen LogP contribution in [0.3, 0.4) is 0 Å². The van der Waals surface area contributed by atoms with E-state index in [-0.39, 0.29) is 11.0 Å². The largest absolute Gasteiger partial charge is 0.377 e. The lowest BCUT2D eigenvalue weighted by atomic mass is 9.46. The summed E-state index contributed by atoms with van der Waals surface area (Å²) in [6.45, 7) is 12.3. The standard InChI is InChI=1S/C17H32N2O/c1-12(2)16(7-8-16)10-19-11-17(18)13-6-5-9-20-14(13)15(17,3)4/h12-14,19H,5-11,18H2,1-4H3. The molecule has 0 amide bonds. The Morgan fingerprint density at radius 3 is 2.55 bits per heavy atom. The molecule has 3 aliphatic rings. The highest BCUT2D eigenvalue weighted by Crippen LogP contribution is 2.57. The van der Waals surface area contributed by atoms with Gasteiger partial charge in [0.05, 0.1) is 6.10 Å². The highest BCUT2D eigenvalue weighted by Gasteiger charge is 2.66. The van der Waals surface area contributed by atoms with E-state index in [9.17, 15) is 0 Å². The maximum absolute atomic E-state index is 6.82. The molecule has 3 heteroatoms. The fourth-order valence-electron chi connectivity index (χ4n) is 4.66. The summed E-state index contributed by atoms with van der Waals surface area (Å²) >= 11 is 0. The third-order valence-electron chi connectivity index (χ3n) is 6.91. The smallest absolute Gasteiger partial charge is 0.0690 e. The second-order valence-electron chi connectivity index (χ2n) is 8.42. The minimum Gasteiger partial charge on any atom is -0.377 e. The van der Waals surface area contributed by atoms with Gasteiger partial charge in [0.25, 0.3) is 0 Å². The Bertz CT molecular complexity index is 375. The molecular formula is C17H32N2O. The van der Waals surface area contributed by atoms with Crippen LogP contribution in [0.2, 0.25) is 0 Å². The number of ether oxygens (including phenoxy) is 1. The first-order valence-corrected chi connectivity index (χ1v) is 8.45. The zero-order valence-corrected chi connectivity index (χ0v) is 13.7. The Labute approximate surface area is 124 Å². The van der Waals surface area contributed by atoms with Gasteiger partial charge in [-0.2, -0.15) is 0 Å². The average molecular weight is 280 g/mol. The Morgan fingerprint density at radius 1 is 1.25 bits per heavy atom. The van der Waals surface area contributed by atoms with Gasteiger partial charge >= 0.3 is 0 Å². The number of fused-ring (bicyclic) bond motifs is 1. The summed E-state index contributed by atoms with van der Waals surface area (Å²) in [5, 5.41) is 3.72. The molecule has 3 rings (SSSR count). The molecule has 116 valence electrons. The third kappa shape index (κ3) is 1.97. The van der Waals surface area contributed by atoms with Crippen molar-refractivity contribution in [3.63, 3.8) is 0 Å². The van der Waals surface area contributed by atoms with Crippen LogP contribution >= 0.6 is 0 Å². The molecule has 1 saturated heterocycles. The lowest BCUT2D eigenvalue weighted by Gasteiger charge is -2.66. The van der Waals surface area contributed by atoms with E-state index in [1.165, 1.54) is 25.7 Å². The van der Waals surface area contributed by atoms with E-state index < -0.39 is 0 Å². The molecule has 0 aromatic carbocycles. The van der Waals surface area contributed by atoms with Gasteiger partial charge in [-0.05, 0) is 37.0 Å². The lowest BCUT2D eigenvalue weighted by molar-refractivity contribution is -0.225. The maximum Gasteiger partial charge on any atom is 0.0690 e. The third-order valence-corrected chi connectivity index (χ3v) is 6.91. The van der Waals surface area contributed by atoms with Crippen LogP contribution in [-0.4, -0.2) is 31.3 Å². The summed E-state index contributed by atoms with van der Waals surface area (Å²) < 4.78 is 5.98. The van der Waals surface area contributed by atoms with Gasteiger partial charge < -0.3 is 15.8 Å². The summed E-state index contributed by atoms with van der Waals surface area (Å²) in [5.41, 5.74) is 7.39. The fraction of sp³-hybridized carbons (Fsp3) is 1.00. The normalized spacial score (nSPS) is 41.1. The Morgan fingerprint density at radius 2 is 1.95 bits per heavy atom. The molecule has 3 N–H and O–H groups in total. The molecule has 1 aliphatic heterocycles. The first-order valence-electron chi connectivity index (χ1n) is 8.45. The van der Waals surface area contributed by atoms with E-state index in [0.717, 1.165) is 25.6 Å². The average Bonchev–Trinajstić information content (AvgIpc) is 3.20. The van der Waals surface area contributed by atoms with Crippen molar-refractivity contribution >= 4 is 0 Å². The molecule has 0 bridgehead atoms. The fourth-order valence-corrected chi connectivity index (χ4v) is 4.66. The lowest BCUT2D eigenvalue weighted by Crippen LogP contribution is -2.80. The minimum absolute atomic E-state index is 0.0921. The number of hydrogen-bond acceptors (Lipinski definition) is 3. The summed E-state index contributed by atoms with van der Waals surface area (Å²) in [7, 11) is 0. The van der Waals surface area contributed by atoms with Crippen molar-refractivity contribution in [2.24, 2.45) is 28.4 Å². The zero-order chi connectivity index (χ0) is 14.6. The molecule has 20 heavy (non-hydrogen) atoms. The van der Waals surface area contributed by atoms with Crippen LogP contribution in [0.5, 0.6) is 0 Å². The predicted molar refractivity (Wildman–Crippen MR) is 82.5 cm³/mol. The highest BCUT2D eigenvalue weighted by atomic mass is 16.5. The highest BCUT2D eigenvalue weighted by molar-refractivity contribution is 5.20. The second kappa shape index (κ2) is 4.69. The van der Waals surface area contributed by atoms with Crippen molar-refractivity contribution in [1.82, 2.24) is 5.32 Å². The molecule has 1 heterocycles. The molecule has 0 aromatic heterocycles. The summed E-state index contributed by atoms with van der Waals surface area (Å²) in [6.07, 6.45) is 5.55. The Balaban J connectivity index is 1.59. The summed E-state index contributed by atoms with van der Waals surface area (Å²) in [6, 6.07) is 0. The molecule has 3 atom stereocenters. The first-order chi connectivity index (χ1) is 9.33. The van der Waals surface area contributed by atoms with Crippen molar-refractivity contribution in [3.05, 3.63) is 0 Å². The van der Waals surface area contributed by atoms with Gasteiger partial charge in [0.15, 0.2) is 0 Å². The van der Waals surface area contributed by atoms with E-state index in [4.69, 9.17) is 10.5 Å². The van der Waals surface area contributed by atoms with Crippen molar-refractivity contribution < 1.29 is 4.74 Å². The van der Waals surface area contributed by atoms with Gasteiger partial charge in [0, 0.05) is 36.6 Å². The topological polar surface area (TPSA) is 47.3 Å². The van der Waals surface area contributed by atoms with Crippen LogP contribution in [0, 0.1) is 22.7 Å². The zero-order valence-electron chi connectivity index (χ0n) is 13.7. The monoisotopic (exact) mass is 280 g/mol. The molecule has 3 nitrogen and oxygen atoms in total. The second-order valence-corrected chi connectivity index (χ2v) is 8.42. The van der Waals surface area contributed by atoms with Gasteiger partial charge in [0.1, 0.15) is 0 Å². The van der Waals surface area contributed by atoms with Crippen LogP contribution in [0.15, 0.2) is 0 Å². The van der Waals surface area contributed by atoms with Gasteiger partial charge in [-0.15, -0.1) is 0 Å². The Hall–Kier alpha value is -0.120. The molecule has 0 spiro atoms. The van der Waals surface area contributed by atoms with E-state index in [1.54, 1.807) is 0 Å². The summed E-state index contributed by atoms with van der Waals surface area (Å²) in [4.78, 5) is 0. The number of nitrogens with two attached hydrogens (primary N) is 1. The predicted octanol–water partition coefficient (Wildman–Crippen LogP) is 2.54. The molecule has 3 fully saturated rings. The number of hydrogen-bond donors (Lipinski definition) is 2. The van der Waals surface area contributed by atoms with Crippen LogP contribution in [0.1, 0.15) is 53.4 Å². The first kappa shape index (κ1) is 14.8.